The Morgan fingerprint density at radius 3 is 2.68 bits per heavy atom. The molecule has 1 aromatic heterocycles. The lowest BCUT2D eigenvalue weighted by Gasteiger charge is -2.11. The van der Waals surface area contributed by atoms with Gasteiger partial charge in [0.2, 0.25) is 5.43 Å². The molecule has 0 saturated carbocycles. The van der Waals surface area contributed by atoms with Gasteiger partial charge in [0.1, 0.15) is 23.1 Å². The first kappa shape index (κ1) is 13.3. The first-order valence-corrected chi connectivity index (χ1v) is 5.47. The number of aromatic nitrogens is 1. The number of halogens is 3. The van der Waals surface area contributed by atoms with Crippen LogP contribution in [-0.2, 0) is 5.38 Å². The molecule has 0 unspecified atom stereocenters. The molecule has 4 nitrogen and oxygen atoms in total. The monoisotopic (exact) mass is 284 g/mol. The van der Waals surface area contributed by atoms with Gasteiger partial charge in [0.25, 0.3) is 0 Å². The van der Waals surface area contributed by atoms with Gasteiger partial charge in [0.15, 0.2) is 0 Å². The molecule has 0 atom stereocenters. The highest BCUT2D eigenvalue weighted by molar-refractivity contribution is 6.21. The highest BCUT2D eigenvalue weighted by Gasteiger charge is 2.34. The quantitative estimate of drug-likeness (QED) is 0.862. The van der Waals surface area contributed by atoms with E-state index in [1.807, 2.05) is 0 Å². The van der Waals surface area contributed by atoms with E-state index in [9.17, 15) is 13.6 Å². The van der Waals surface area contributed by atoms with E-state index in [1.165, 1.54) is 31.4 Å². The van der Waals surface area contributed by atoms with Crippen molar-refractivity contribution in [2.24, 2.45) is 0 Å². The molecule has 0 spiro atoms. The Kier molecular flexibility index (Phi) is 3.16. The zero-order valence-corrected chi connectivity index (χ0v) is 10.4. The van der Waals surface area contributed by atoms with E-state index in [0.29, 0.717) is 5.75 Å². The molecule has 0 aliphatic heterocycles. The van der Waals surface area contributed by atoms with E-state index in [1.54, 1.807) is 0 Å². The van der Waals surface area contributed by atoms with Crippen LogP contribution in [0.5, 0.6) is 5.75 Å². The van der Waals surface area contributed by atoms with Gasteiger partial charge in [-0.05, 0) is 29.8 Å². The summed E-state index contributed by atoms with van der Waals surface area (Å²) in [6.45, 7) is 0. The van der Waals surface area contributed by atoms with Crippen molar-refractivity contribution in [1.29, 1.82) is 5.26 Å². The van der Waals surface area contributed by atoms with Crippen LogP contribution in [0.4, 0.5) is 8.78 Å². The Hall–Kier alpha value is -2.13. The second kappa shape index (κ2) is 4.52. The Morgan fingerprint density at radius 2 is 2.16 bits per heavy atom. The van der Waals surface area contributed by atoms with Gasteiger partial charge in [-0.15, -0.1) is 0 Å². The van der Waals surface area contributed by atoms with Gasteiger partial charge in [0.05, 0.1) is 18.0 Å². The van der Waals surface area contributed by atoms with E-state index < -0.39 is 22.1 Å². The van der Waals surface area contributed by atoms with Crippen molar-refractivity contribution < 1.29 is 13.5 Å². The zero-order valence-electron chi connectivity index (χ0n) is 9.63. The maximum absolute atomic E-state index is 13.2. The average molecular weight is 285 g/mol. The molecule has 7 heteroatoms. The predicted octanol–water partition coefficient (Wildman–Crippen LogP) is 2.70. The molecule has 1 aromatic carbocycles. The number of rotatable bonds is 2. The summed E-state index contributed by atoms with van der Waals surface area (Å²) in [6, 6.07) is 5.72. The zero-order chi connectivity index (χ0) is 14.2. The summed E-state index contributed by atoms with van der Waals surface area (Å²) in [4.78, 5) is 14.3. The minimum Gasteiger partial charge on any atom is -0.497 e. The van der Waals surface area contributed by atoms with Crippen LogP contribution in [0.15, 0.2) is 23.0 Å². The number of nitriles is 1. The number of ether oxygens (including phenoxy) is 1. The molecule has 98 valence electrons. The predicted molar refractivity (Wildman–Crippen MR) is 65.6 cm³/mol. The molecule has 1 N–H and O–H groups in total. The summed E-state index contributed by atoms with van der Waals surface area (Å²) in [6.07, 6.45) is 0. The molecule has 19 heavy (non-hydrogen) atoms. The Morgan fingerprint density at radius 1 is 1.47 bits per heavy atom. The van der Waals surface area contributed by atoms with E-state index in [-0.39, 0.29) is 10.9 Å². The smallest absolute Gasteiger partial charge is 0.364 e. The summed E-state index contributed by atoms with van der Waals surface area (Å²) in [5, 5.41) is 5.12. The topological polar surface area (TPSA) is 65.9 Å². The summed E-state index contributed by atoms with van der Waals surface area (Å²) < 4.78 is 31.3. The van der Waals surface area contributed by atoms with Gasteiger partial charge in [-0.3, -0.25) is 4.79 Å². The van der Waals surface area contributed by atoms with Crippen LogP contribution in [0, 0.1) is 11.3 Å². The number of benzene rings is 1. The van der Waals surface area contributed by atoms with Gasteiger partial charge >= 0.3 is 5.38 Å². The number of hydrogen-bond acceptors (Lipinski definition) is 3. The summed E-state index contributed by atoms with van der Waals surface area (Å²) in [5.74, 6) is 0.382. The first-order chi connectivity index (χ1) is 8.88. The number of fused-ring (bicyclic) bond motifs is 1. The van der Waals surface area contributed by atoms with Gasteiger partial charge in [-0.2, -0.15) is 14.0 Å². The highest BCUT2D eigenvalue weighted by atomic mass is 35.5. The summed E-state index contributed by atoms with van der Waals surface area (Å²) in [7, 11) is 1.40. The SMILES string of the molecule is COc1ccc2[nH]c(C(F)(F)Cl)c(C#N)c(=O)c2c1. The fraction of sp³-hybridized carbons (Fsp3) is 0.167. The number of nitrogens with zero attached hydrogens (tertiary/aromatic N) is 1. The second-order valence-corrected chi connectivity index (χ2v) is 4.20. The Balaban J connectivity index is 2.91. The van der Waals surface area contributed by atoms with Crippen molar-refractivity contribution in [3.05, 3.63) is 39.7 Å². The normalized spacial score (nSPS) is 11.3. The molecule has 0 fully saturated rings. The summed E-state index contributed by atoms with van der Waals surface area (Å²) in [5.41, 5.74) is -2.27. The summed E-state index contributed by atoms with van der Waals surface area (Å²) >= 11 is 4.89. The van der Waals surface area contributed by atoms with E-state index in [4.69, 9.17) is 21.6 Å². The van der Waals surface area contributed by atoms with Crippen molar-refractivity contribution in [2.75, 3.05) is 7.11 Å². The molecule has 0 aliphatic carbocycles. The standard InChI is InChI=1S/C12H7ClF2N2O2/c1-19-6-2-3-9-7(4-6)10(18)8(5-16)11(17-9)12(13,14)15/h2-4H,1H3,(H,17,18). The van der Waals surface area contributed by atoms with Crippen LogP contribution >= 0.6 is 11.6 Å². The number of nitrogens with one attached hydrogen (secondary N) is 1. The molecular formula is C12H7ClF2N2O2. The molecule has 0 aliphatic rings. The first-order valence-electron chi connectivity index (χ1n) is 5.10. The van der Waals surface area contributed by atoms with Crippen LogP contribution in [0.2, 0.25) is 0 Å². The van der Waals surface area contributed by atoms with Crippen LogP contribution in [0.1, 0.15) is 11.3 Å². The number of alkyl halides is 3. The van der Waals surface area contributed by atoms with Gasteiger partial charge in [-0.1, -0.05) is 0 Å². The number of pyridine rings is 1. The molecule has 0 radical (unpaired) electrons. The van der Waals surface area contributed by atoms with Crippen molar-refractivity contribution in [3.63, 3.8) is 0 Å². The molecule has 2 aromatic rings. The molecule has 0 bridgehead atoms. The molecule has 2 rings (SSSR count). The minimum absolute atomic E-state index is 0.0839. The second-order valence-electron chi connectivity index (χ2n) is 3.73. The third kappa shape index (κ3) is 2.25. The van der Waals surface area contributed by atoms with Crippen LogP contribution in [0.25, 0.3) is 10.9 Å². The van der Waals surface area contributed by atoms with Crippen molar-refractivity contribution in [2.45, 2.75) is 5.38 Å². The highest BCUT2D eigenvalue weighted by Crippen LogP contribution is 2.33. The van der Waals surface area contributed by atoms with Crippen LogP contribution in [-0.4, -0.2) is 12.1 Å². The Bertz CT molecular complexity index is 744. The lowest BCUT2D eigenvalue weighted by Crippen LogP contribution is -2.18. The van der Waals surface area contributed by atoms with Crippen LogP contribution in [0.3, 0.4) is 0 Å². The number of hydrogen-bond donors (Lipinski definition) is 1. The Labute approximate surface area is 111 Å². The van der Waals surface area contributed by atoms with Crippen molar-refractivity contribution >= 4 is 22.5 Å². The number of H-pyrrole nitrogens is 1. The maximum Gasteiger partial charge on any atom is 0.364 e. The van der Waals surface area contributed by atoms with E-state index in [2.05, 4.69) is 4.98 Å². The molecule has 0 saturated heterocycles. The molecular weight excluding hydrogens is 278 g/mol. The third-order valence-corrected chi connectivity index (χ3v) is 2.79. The fourth-order valence-electron chi connectivity index (χ4n) is 1.71. The molecule has 0 amide bonds. The lowest BCUT2D eigenvalue weighted by molar-refractivity contribution is 0.0899. The van der Waals surface area contributed by atoms with Gasteiger partial charge in [0, 0.05) is 0 Å². The van der Waals surface area contributed by atoms with Gasteiger partial charge < -0.3 is 9.72 Å². The van der Waals surface area contributed by atoms with E-state index >= 15 is 0 Å². The minimum atomic E-state index is -3.82. The lowest BCUT2D eigenvalue weighted by atomic mass is 10.1. The van der Waals surface area contributed by atoms with E-state index in [0.717, 1.165) is 0 Å². The largest absolute Gasteiger partial charge is 0.497 e. The number of methoxy groups -OCH3 is 1. The van der Waals surface area contributed by atoms with Crippen LogP contribution < -0.4 is 10.2 Å². The maximum atomic E-state index is 13.2. The fourth-order valence-corrected chi connectivity index (χ4v) is 1.85. The van der Waals surface area contributed by atoms with Crippen molar-refractivity contribution in [3.8, 4) is 11.8 Å². The third-order valence-electron chi connectivity index (χ3n) is 2.60. The molecule has 1 heterocycles. The number of aromatic amines is 1. The van der Waals surface area contributed by atoms with Crippen molar-refractivity contribution in [1.82, 2.24) is 4.98 Å². The average Bonchev–Trinajstić information content (AvgIpc) is 2.37. The van der Waals surface area contributed by atoms with Gasteiger partial charge in [-0.25, -0.2) is 0 Å².